The molecule has 1 saturated heterocycles. The standard InChI is InChI=1S/C21H22N4O6S/c1-31-20-7-6-16(13-19(20)25(27)28)32(29,30)24-10-8-23(9-11-24)21(26)12-15-14-22-18-5-3-2-4-17(15)18/h2-7,13-14,22H,8-12H2,1H3. The van der Waals surface area contributed by atoms with Crippen molar-refractivity contribution in [3.63, 3.8) is 0 Å². The third kappa shape index (κ3) is 4.04. The Morgan fingerprint density at radius 2 is 1.88 bits per heavy atom. The van der Waals surface area contributed by atoms with Crippen molar-refractivity contribution in [3.8, 4) is 5.75 Å². The van der Waals surface area contributed by atoms with E-state index in [-0.39, 0.29) is 49.2 Å². The molecule has 168 valence electrons. The zero-order valence-electron chi connectivity index (χ0n) is 17.4. The van der Waals surface area contributed by atoms with E-state index in [0.717, 1.165) is 22.5 Å². The number of fused-ring (bicyclic) bond motifs is 1. The SMILES string of the molecule is COc1ccc(S(=O)(=O)N2CCN(C(=O)Cc3c[nH]c4ccccc34)CC2)cc1[N+](=O)[O-]. The van der Waals surface area contributed by atoms with Gasteiger partial charge in [0.05, 0.1) is 23.3 Å². The molecule has 11 heteroatoms. The number of benzene rings is 2. The molecular weight excluding hydrogens is 436 g/mol. The fourth-order valence-electron chi connectivity index (χ4n) is 3.85. The summed E-state index contributed by atoms with van der Waals surface area (Å²) >= 11 is 0. The first kappa shape index (κ1) is 21.8. The van der Waals surface area contributed by atoms with Gasteiger partial charge >= 0.3 is 5.69 Å². The number of nitro benzene ring substituents is 1. The van der Waals surface area contributed by atoms with E-state index in [2.05, 4.69) is 4.98 Å². The summed E-state index contributed by atoms with van der Waals surface area (Å²) in [4.78, 5) is 27.9. The van der Waals surface area contributed by atoms with Crippen LogP contribution in [0.25, 0.3) is 10.9 Å². The van der Waals surface area contributed by atoms with Crippen molar-refractivity contribution in [1.29, 1.82) is 0 Å². The number of nitro groups is 1. The molecule has 1 N–H and O–H groups in total. The molecule has 0 saturated carbocycles. The second-order valence-electron chi connectivity index (χ2n) is 7.41. The van der Waals surface area contributed by atoms with Gasteiger partial charge in [0.1, 0.15) is 0 Å². The summed E-state index contributed by atoms with van der Waals surface area (Å²) < 4.78 is 32.2. The monoisotopic (exact) mass is 458 g/mol. The number of carbonyl (C=O) groups excluding carboxylic acids is 1. The maximum absolute atomic E-state index is 13.0. The minimum atomic E-state index is -3.94. The summed E-state index contributed by atoms with van der Waals surface area (Å²) in [5.74, 6) is -0.0893. The van der Waals surface area contributed by atoms with Crippen LogP contribution in [-0.4, -0.2) is 66.7 Å². The first-order valence-electron chi connectivity index (χ1n) is 9.96. The van der Waals surface area contributed by atoms with E-state index in [9.17, 15) is 23.3 Å². The summed E-state index contributed by atoms with van der Waals surface area (Å²) in [6, 6.07) is 11.3. The number of nitrogens with one attached hydrogen (secondary N) is 1. The van der Waals surface area contributed by atoms with Crippen LogP contribution in [0, 0.1) is 10.1 Å². The Balaban J connectivity index is 1.44. The number of carbonyl (C=O) groups is 1. The highest BCUT2D eigenvalue weighted by Gasteiger charge is 2.32. The Labute approximate surface area is 184 Å². The summed E-state index contributed by atoms with van der Waals surface area (Å²) in [5.41, 5.74) is 1.44. The zero-order chi connectivity index (χ0) is 22.9. The fourth-order valence-corrected chi connectivity index (χ4v) is 5.30. The van der Waals surface area contributed by atoms with Gasteiger partial charge in [0.2, 0.25) is 15.9 Å². The van der Waals surface area contributed by atoms with Crippen LogP contribution in [0.5, 0.6) is 5.75 Å². The highest BCUT2D eigenvalue weighted by Crippen LogP contribution is 2.31. The predicted molar refractivity (Wildman–Crippen MR) is 117 cm³/mol. The maximum Gasteiger partial charge on any atom is 0.312 e. The van der Waals surface area contributed by atoms with Gasteiger partial charge in [-0.15, -0.1) is 0 Å². The Morgan fingerprint density at radius 1 is 1.16 bits per heavy atom. The van der Waals surface area contributed by atoms with Crippen LogP contribution in [0.15, 0.2) is 53.6 Å². The van der Waals surface area contributed by atoms with Gasteiger partial charge in [0, 0.05) is 49.3 Å². The van der Waals surface area contributed by atoms with Crippen LogP contribution in [0.4, 0.5) is 5.69 Å². The zero-order valence-corrected chi connectivity index (χ0v) is 18.2. The van der Waals surface area contributed by atoms with Gasteiger partial charge in [-0.25, -0.2) is 8.42 Å². The second-order valence-corrected chi connectivity index (χ2v) is 9.35. The van der Waals surface area contributed by atoms with Crippen molar-refractivity contribution >= 4 is 32.5 Å². The lowest BCUT2D eigenvalue weighted by Crippen LogP contribution is -2.50. The summed E-state index contributed by atoms with van der Waals surface area (Å²) in [6.45, 7) is 0.723. The number of methoxy groups -OCH3 is 1. The van der Waals surface area contributed by atoms with Crippen LogP contribution < -0.4 is 4.74 Å². The molecule has 3 aromatic rings. The van der Waals surface area contributed by atoms with Crippen LogP contribution in [0.2, 0.25) is 0 Å². The van der Waals surface area contributed by atoms with Gasteiger partial charge in [-0.2, -0.15) is 4.31 Å². The predicted octanol–water partition coefficient (Wildman–Crippen LogP) is 2.16. The molecule has 0 bridgehead atoms. The number of H-pyrrole nitrogens is 1. The van der Waals surface area contributed by atoms with Crippen LogP contribution in [0.3, 0.4) is 0 Å². The summed E-state index contributed by atoms with van der Waals surface area (Å²) in [6.07, 6.45) is 2.04. The topological polar surface area (TPSA) is 126 Å². The van der Waals surface area contributed by atoms with E-state index in [4.69, 9.17) is 4.74 Å². The van der Waals surface area contributed by atoms with E-state index in [1.165, 1.54) is 23.5 Å². The number of aromatic amines is 1. The third-order valence-electron chi connectivity index (χ3n) is 5.59. The minimum Gasteiger partial charge on any atom is -0.490 e. The van der Waals surface area contributed by atoms with Gasteiger partial charge in [0.15, 0.2) is 5.75 Å². The first-order valence-corrected chi connectivity index (χ1v) is 11.4. The van der Waals surface area contributed by atoms with Crippen molar-refractivity contribution in [3.05, 3.63) is 64.3 Å². The molecule has 1 aliphatic heterocycles. The Morgan fingerprint density at radius 3 is 2.56 bits per heavy atom. The number of nitrogens with zero attached hydrogens (tertiary/aromatic N) is 3. The molecule has 2 heterocycles. The average molecular weight is 458 g/mol. The van der Waals surface area contributed by atoms with Gasteiger partial charge in [-0.3, -0.25) is 14.9 Å². The van der Waals surface area contributed by atoms with Crippen LogP contribution >= 0.6 is 0 Å². The van der Waals surface area contributed by atoms with E-state index in [0.29, 0.717) is 0 Å². The highest BCUT2D eigenvalue weighted by atomic mass is 32.2. The van der Waals surface area contributed by atoms with Crippen molar-refractivity contribution in [2.45, 2.75) is 11.3 Å². The largest absolute Gasteiger partial charge is 0.490 e. The number of amides is 1. The van der Waals surface area contributed by atoms with Gasteiger partial charge in [-0.05, 0) is 23.8 Å². The fraction of sp³-hybridized carbons (Fsp3) is 0.286. The number of para-hydroxylation sites is 1. The molecule has 1 fully saturated rings. The normalized spacial score (nSPS) is 15.1. The highest BCUT2D eigenvalue weighted by molar-refractivity contribution is 7.89. The van der Waals surface area contributed by atoms with Crippen LogP contribution in [-0.2, 0) is 21.2 Å². The molecule has 4 rings (SSSR count). The Kier molecular flexibility index (Phi) is 5.85. The average Bonchev–Trinajstić information content (AvgIpc) is 3.21. The molecule has 0 unspecified atom stereocenters. The van der Waals surface area contributed by atoms with Gasteiger partial charge < -0.3 is 14.6 Å². The number of hydrogen-bond donors (Lipinski definition) is 1. The molecule has 0 atom stereocenters. The molecule has 0 spiro atoms. The number of hydrogen-bond acceptors (Lipinski definition) is 6. The van der Waals surface area contributed by atoms with Crippen molar-refractivity contribution in [2.75, 3.05) is 33.3 Å². The lowest BCUT2D eigenvalue weighted by Gasteiger charge is -2.34. The quantitative estimate of drug-likeness (QED) is 0.446. The van der Waals surface area contributed by atoms with E-state index in [1.807, 2.05) is 30.5 Å². The van der Waals surface area contributed by atoms with E-state index < -0.39 is 20.6 Å². The Hall–Kier alpha value is -3.44. The lowest BCUT2D eigenvalue weighted by atomic mass is 10.1. The second kappa shape index (κ2) is 8.60. The van der Waals surface area contributed by atoms with Crippen molar-refractivity contribution in [2.24, 2.45) is 0 Å². The molecule has 0 radical (unpaired) electrons. The van der Waals surface area contributed by atoms with E-state index >= 15 is 0 Å². The lowest BCUT2D eigenvalue weighted by molar-refractivity contribution is -0.386. The third-order valence-corrected chi connectivity index (χ3v) is 7.49. The number of sulfonamides is 1. The van der Waals surface area contributed by atoms with Gasteiger partial charge in [-0.1, -0.05) is 18.2 Å². The smallest absolute Gasteiger partial charge is 0.312 e. The molecule has 32 heavy (non-hydrogen) atoms. The van der Waals surface area contributed by atoms with E-state index in [1.54, 1.807) is 4.90 Å². The maximum atomic E-state index is 13.0. The summed E-state index contributed by atoms with van der Waals surface area (Å²) in [5, 5.41) is 12.2. The number of rotatable bonds is 6. The molecule has 0 aliphatic carbocycles. The number of ether oxygens (including phenoxy) is 1. The Bertz CT molecular complexity index is 1280. The molecule has 10 nitrogen and oxygen atoms in total. The summed E-state index contributed by atoms with van der Waals surface area (Å²) in [7, 11) is -2.66. The molecule has 1 amide bonds. The van der Waals surface area contributed by atoms with Gasteiger partial charge in [0.25, 0.3) is 0 Å². The van der Waals surface area contributed by atoms with Crippen LogP contribution in [0.1, 0.15) is 5.56 Å². The van der Waals surface area contributed by atoms with Crippen molar-refractivity contribution in [1.82, 2.24) is 14.2 Å². The first-order chi connectivity index (χ1) is 15.3. The van der Waals surface area contributed by atoms with Crippen molar-refractivity contribution < 1.29 is 22.9 Å². The minimum absolute atomic E-state index is 0.0124. The number of piperazine rings is 1. The molecule has 1 aliphatic rings. The molecule has 2 aromatic carbocycles. The molecular formula is C21H22N4O6S. The number of aromatic nitrogens is 1. The molecule has 1 aromatic heterocycles.